The largest absolute Gasteiger partial charge is 0.376 e. The van der Waals surface area contributed by atoms with Gasteiger partial charge in [0.2, 0.25) is 0 Å². The van der Waals surface area contributed by atoms with Gasteiger partial charge in [0.1, 0.15) is 12.4 Å². The second kappa shape index (κ2) is 8.66. The molecule has 1 unspecified atom stereocenters. The predicted molar refractivity (Wildman–Crippen MR) is 109 cm³/mol. The van der Waals surface area contributed by atoms with Crippen LogP contribution in [0.5, 0.6) is 0 Å². The molecule has 2 fully saturated rings. The highest BCUT2D eigenvalue weighted by molar-refractivity contribution is 14.0. The number of ether oxygens (including phenoxy) is 1. The normalized spacial score (nSPS) is 23.0. The highest BCUT2D eigenvalue weighted by atomic mass is 127. The highest BCUT2D eigenvalue weighted by Gasteiger charge is 2.31. The molecule has 0 aromatic carbocycles. The summed E-state index contributed by atoms with van der Waals surface area (Å²) in [7, 11) is 1.98. The van der Waals surface area contributed by atoms with Crippen LogP contribution in [0.25, 0.3) is 0 Å². The molecule has 7 nitrogen and oxygen atoms in total. The molecule has 0 aliphatic carbocycles. The monoisotopic (exact) mass is 462 g/mol. The second-order valence-corrected chi connectivity index (χ2v) is 7.71. The summed E-state index contributed by atoms with van der Waals surface area (Å²) in [6, 6.07) is 0. The first kappa shape index (κ1) is 20.4. The van der Waals surface area contributed by atoms with Crippen LogP contribution in [0.3, 0.4) is 0 Å². The van der Waals surface area contributed by atoms with Gasteiger partial charge in [-0.05, 0) is 31.6 Å². The second-order valence-electron chi connectivity index (χ2n) is 7.71. The Labute approximate surface area is 167 Å². The quantitative estimate of drug-likeness (QED) is 0.422. The molecule has 0 amide bonds. The number of halogens is 1. The maximum Gasteiger partial charge on any atom is 0.194 e. The Bertz CT molecular complexity index is 594. The van der Waals surface area contributed by atoms with E-state index in [9.17, 15) is 0 Å². The van der Waals surface area contributed by atoms with Gasteiger partial charge in [0.15, 0.2) is 11.8 Å². The van der Waals surface area contributed by atoms with Gasteiger partial charge in [0.25, 0.3) is 0 Å². The third kappa shape index (κ3) is 5.29. The number of rotatable bonds is 4. The molecule has 0 bridgehead atoms. The molecule has 1 aromatic heterocycles. The minimum atomic E-state index is 0. The van der Waals surface area contributed by atoms with Crippen molar-refractivity contribution in [1.29, 1.82) is 0 Å². The zero-order valence-electron chi connectivity index (χ0n) is 15.8. The zero-order valence-corrected chi connectivity index (χ0v) is 18.1. The average molecular weight is 462 g/mol. The minimum absolute atomic E-state index is 0. The van der Waals surface area contributed by atoms with E-state index in [0.717, 1.165) is 56.7 Å². The fourth-order valence-corrected chi connectivity index (χ4v) is 3.31. The Hall–Kier alpha value is -0.900. The molecule has 1 aromatic rings. The summed E-state index contributed by atoms with van der Waals surface area (Å²) in [4.78, 5) is 7.19. The lowest BCUT2D eigenvalue weighted by molar-refractivity contribution is 0.113. The third-order valence-corrected chi connectivity index (χ3v) is 5.04. The molecule has 8 heteroatoms. The van der Waals surface area contributed by atoms with Crippen LogP contribution >= 0.6 is 24.0 Å². The van der Waals surface area contributed by atoms with Crippen molar-refractivity contribution in [2.75, 3.05) is 26.2 Å². The maximum absolute atomic E-state index is 5.73. The topological polar surface area (TPSA) is 67.6 Å². The minimum Gasteiger partial charge on any atom is -0.376 e. The molecule has 1 atom stereocenters. The fraction of sp³-hybridized carbons (Fsp3) is 0.824. The molecule has 142 valence electrons. The van der Waals surface area contributed by atoms with E-state index in [2.05, 4.69) is 34.3 Å². The maximum atomic E-state index is 5.73. The summed E-state index contributed by atoms with van der Waals surface area (Å²) in [6.45, 7) is 10.9. The van der Waals surface area contributed by atoms with Crippen LogP contribution in [0, 0.1) is 12.3 Å². The van der Waals surface area contributed by atoms with Gasteiger partial charge in [0, 0.05) is 33.3 Å². The van der Waals surface area contributed by atoms with Crippen molar-refractivity contribution >= 4 is 29.9 Å². The van der Waals surface area contributed by atoms with E-state index in [0.29, 0.717) is 18.1 Å². The highest BCUT2D eigenvalue weighted by Crippen LogP contribution is 2.28. The number of aliphatic imine (C=N–C) groups is 1. The lowest BCUT2D eigenvalue weighted by Gasteiger charge is -2.25. The number of nitrogens with zero attached hydrogens (tertiary/aromatic N) is 5. The summed E-state index contributed by atoms with van der Waals surface area (Å²) in [5.74, 6) is 2.77. The van der Waals surface area contributed by atoms with Crippen molar-refractivity contribution in [1.82, 2.24) is 25.0 Å². The first-order chi connectivity index (χ1) is 11.4. The lowest BCUT2D eigenvalue weighted by atomic mass is 9.93. The number of nitrogens with one attached hydrogen (secondary N) is 1. The van der Waals surface area contributed by atoms with Gasteiger partial charge in [-0.25, -0.2) is 4.99 Å². The van der Waals surface area contributed by atoms with Crippen molar-refractivity contribution in [3.05, 3.63) is 11.6 Å². The first-order valence-electron chi connectivity index (χ1n) is 8.94. The van der Waals surface area contributed by atoms with Gasteiger partial charge >= 0.3 is 0 Å². The molecule has 3 heterocycles. The fourth-order valence-electron chi connectivity index (χ4n) is 3.31. The predicted octanol–water partition coefficient (Wildman–Crippen LogP) is 2.10. The molecular weight excluding hydrogens is 431 g/mol. The Balaban J connectivity index is 0.00000225. The van der Waals surface area contributed by atoms with Crippen LogP contribution in [-0.2, 0) is 18.3 Å². The van der Waals surface area contributed by atoms with Gasteiger partial charge in [-0.2, -0.15) is 0 Å². The van der Waals surface area contributed by atoms with Crippen molar-refractivity contribution < 1.29 is 4.74 Å². The average Bonchev–Trinajstić information content (AvgIpc) is 3.24. The Morgan fingerprint density at radius 1 is 1.40 bits per heavy atom. The smallest absolute Gasteiger partial charge is 0.194 e. The Morgan fingerprint density at radius 3 is 2.76 bits per heavy atom. The molecule has 25 heavy (non-hydrogen) atoms. The van der Waals surface area contributed by atoms with Crippen LogP contribution in [-0.4, -0.2) is 58.0 Å². The number of aryl methyl sites for hydroxylation is 1. The van der Waals surface area contributed by atoms with E-state index in [-0.39, 0.29) is 24.0 Å². The third-order valence-electron chi connectivity index (χ3n) is 5.04. The molecule has 2 saturated heterocycles. The van der Waals surface area contributed by atoms with Crippen LogP contribution in [0.4, 0.5) is 0 Å². The van der Waals surface area contributed by atoms with E-state index in [4.69, 9.17) is 9.73 Å². The summed E-state index contributed by atoms with van der Waals surface area (Å²) in [6.07, 6.45) is 3.79. The van der Waals surface area contributed by atoms with Crippen molar-refractivity contribution in [2.45, 2.75) is 52.7 Å². The Morgan fingerprint density at radius 2 is 2.20 bits per heavy atom. The van der Waals surface area contributed by atoms with E-state index in [1.807, 2.05) is 18.5 Å². The zero-order chi connectivity index (χ0) is 17.2. The molecule has 1 N–H and O–H groups in total. The van der Waals surface area contributed by atoms with E-state index in [1.54, 1.807) is 0 Å². The number of guanidine groups is 1. The lowest BCUT2D eigenvalue weighted by Crippen LogP contribution is -2.43. The number of hydrogen-bond donors (Lipinski definition) is 1. The number of likely N-dealkylation sites (tertiary alicyclic amines) is 1. The Kier molecular flexibility index (Phi) is 7.07. The molecule has 0 radical (unpaired) electrons. The van der Waals surface area contributed by atoms with Gasteiger partial charge in [-0.1, -0.05) is 13.8 Å². The van der Waals surface area contributed by atoms with Crippen LogP contribution < -0.4 is 5.32 Å². The van der Waals surface area contributed by atoms with Gasteiger partial charge in [-0.15, -0.1) is 34.2 Å². The van der Waals surface area contributed by atoms with E-state index >= 15 is 0 Å². The summed E-state index contributed by atoms with van der Waals surface area (Å²) in [5.41, 5.74) is 0.341. The van der Waals surface area contributed by atoms with Gasteiger partial charge in [-0.3, -0.25) is 0 Å². The summed E-state index contributed by atoms with van der Waals surface area (Å²) in [5, 5.41) is 11.9. The number of hydrogen-bond acceptors (Lipinski definition) is 4. The summed E-state index contributed by atoms with van der Waals surface area (Å²) < 4.78 is 7.72. The molecule has 0 saturated carbocycles. The van der Waals surface area contributed by atoms with E-state index in [1.165, 1.54) is 6.42 Å². The summed E-state index contributed by atoms with van der Waals surface area (Å²) >= 11 is 0. The van der Waals surface area contributed by atoms with Crippen molar-refractivity contribution in [3.63, 3.8) is 0 Å². The number of aromatic nitrogens is 3. The van der Waals surface area contributed by atoms with Crippen LogP contribution in [0.1, 0.15) is 44.8 Å². The molecular formula is C17H31IN6O. The SMILES string of the molecule is Cc1nnc(CN=C(NCC2CCCO2)N2CCC(C)(C)C2)n1C.I. The standard InChI is InChI=1S/C17H30N6O.HI/c1-13-20-21-15(22(13)4)11-19-16(18-10-14-6-5-9-24-14)23-8-7-17(2,3)12-23;/h14H,5-12H2,1-4H3,(H,18,19);1H. The molecule has 2 aliphatic heterocycles. The molecule has 0 spiro atoms. The first-order valence-corrected chi connectivity index (χ1v) is 8.94. The van der Waals surface area contributed by atoms with Gasteiger partial charge in [0.05, 0.1) is 6.10 Å². The van der Waals surface area contributed by atoms with Gasteiger partial charge < -0.3 is 19.5 Å². The van der Waals surface area contributed by atoms with E-state index < -0.39 is 0 Å². The van der Waals surface area contributed by atoms with Crippen LogP contribution in [0.15, 0.2) is 4.99 Å². The molecule has 2 aliphatic rings. The van der Waals surface area contributed by atoms with Crippen molar-refractivity contribution in [2.24, 2.45) is 17.5 Å². The molecule has 3 rings (SSSR count). The van der Waals surface area contributed by atoms with Crippen LogP contribution in [0.2, 0.25) is 0 Å². The van der Waals surface area contributed by atoms with Crippen molar-refractivity contribution in [3.8, 4) is 0 Å².